The van der Waals surface area contributed by atoms with Crippen LogP contribution in [0.3, 0.4) is 0 Å². The van der Waals surface area contributed by atoms with E-state index in [2.05, 4.69) is 20.5 Å². The van der Waals surface area contributed by atoms with Gasteiger partial charge in [0, 0.05) is 31.4 Å². The van der Waals surface area contributed by atoms with E-state index in [4.69, 9.17) is 11.3 Å². The van der Waals surface area contributed by atoms with Gasteiger partial charge in [-0.2, -0.15) is 0 Å². The number of carbonyl (C=O) groups excluding carboxylic acids is 3. The van der Waals surface area contributed by atoms with Gasteiger partial charge in [0.2, 0.25) is 11.8 Å². The molecule has 0 bridgehead atoms. The normalized spacial score (nSPS) is 20.9. The first kappa shape index (κ1) is 31.4. The number of aromatic nitrogens is 1. The average molecular weight is 596 g/mol. The topological polar surface area (TPSA) is 125 Å². The minimum Gasteiger partial charge on any atom is -0.488 e. The van der Waals surface area contributed by atoms with Crippen LogP contribution in [-0.4, -0.2) is 68.6 Å². The zero-order chi connectivity index (χ0) is 31.0. The summed E-state index contributed by atoms with van der Waals surface area (Å²) in [6, 6.07) is 3.59. The van der Waals surface area contributed by atoms with Crippen molar-refractivity contribution in [2.75, 3.05) is 6.54 Å². The third-order valence-corrected chi connectivity index (χ3v) is 8.68. The predicted octanol–water partition coefficient (Wildman–Crippen LogP) is 4.03. The first-order valence-corrected chi connectivity index (χ1v) is 15.3. The van der Waals surface area contributed by atoms with E-state index in [-0.39, 0.29) is 18.9 Å². The fourth-order valence-corrected chi connectivity index (χ4v) is 6.00. The van der Waals surface area contributed by atoms with E-state index in [1.165, 1.54) is 4.90 Å². The molecule has 1 aromatic heterocycles. The fourth-order valence-electron chi connectivity index (χ4n) is 5.20. The predicted molar refractivity (Wildman–Crippen MR) is 161 cm³/mol. The quantitative estimate of drug-likeness (QED) is 0.376. The van der Waals surface area contributed by atoms with Crippen molar-refractivity contribution in [3.05, 3.63) is 46.4 Å². The molecular formula is C31H41N5O5S. The van der Waals surface area contributed by atoms with Gasteiger partial charge in [-0.15, -0.1) is 11.3 Å². The maximum atomic E-state index is 13.7. The number of thiazole rings is 1. The molecule has 1 aromatic carbocycles. The van der Waals surface area contributed by atoms with E-state index in [0.29, 0.717) is 18.6 Å². The van der Waals surface area contributed by atoms with Crippen molar-refractivity contribution in [3.63, 3.8) is 0 Å². The van der Waals surface area contributed by atoms with E-state index in [0.717, 1.165) is 21.7 Å². The van der Waals surface area contributed by atoms with Crippen LogP contribution < -0.4 is 15.4 Å². The second kappa shape index (κ2) is 12.0. The Morgan fingerprint density at radius 1 is 1.21 bits per heavy atom. The van der Waals surface area contributed by atoms with Crippen molar-refractivity contribution < 1.29 is 24.2 Å². The number of likely N-dealkylation sites (tertiary alicyclic amines) is 1. The van der Waals surface area contributed by atoms with Gasteiger partial charge in [-0.3, -0.25) is 19.2 Å². The van der Waals surface area contributed by atoms with E-state index >= 15 is 0 Å². The van der Waals surface area contributed by atoms with Gasteiger partial charge >= 0.3 is 11.4 Å². The summed E-state index contributed by atoms with van der Waals surface area (Å²) in [4.78, 5) is 50.3. The van der Waals surface area contributed by atoms with E-state index in [1.54, 1.807) is 30.7 Å². The molecule has 226 valence electrons. The van der Waals surface area contributed by atoms with Gasteiger partial charge in [-0.1, -0.05) is 26.0 Å². The molecule has 1 aliphatic heterocycles. The van der Waals surface area contributed by atoms with Crippen molar-refractivity contribution in [1.29, 1.82) is 0 Å². The summed E-state index contributed by atoms with van der Waals surface area (Å²) in [5, 5.41) is 16.3. The van der Waals surface area contributed by atoms with Gasteiger partial charge in [0.25, 0.3) is 0 Å². The number of aliphatic hydroxyl groups is 1. The highest BCUT2D eigenvalue weighted by molar-refractivity contribution is 7.13. The Morgan fingerprint density at radius 2 is 1.90 bits per heavy atom. The summed E-state index contributed by atoms with van der Waals surface area (Å²) < 4.78 is 6.32. The smallest absolute Gasteiger partial charge is 0.309 e. The molecule has 1 aliphatic carbocycles. The monoisotopic (exact) mass is 595 g/mol. The first-order chi connectivity index (χ1) is 19.7. The number of aliphatic hydroxyl groups excluding tert-OH is 1. The largest absolute Gasteiger partial charge is 0.488 e. The standard InChI is InChI=1S/C31H41N5O5S/c1-17(2)25(35-29(40)31(32-8)11-12-31)28(39)36-15-21(37)14-23(36)27(38)34-18(3)22-10-9-20(26-19(4)33-16-42-26)13-24(22)41-30(5,6)7/h9-10,13,16-18,21,23,25,37H,11-12,14-15H2,1-7H3,(H,34,38)(H,35,40)/t18-,21+,23-,25-/m0/s1. The van der Waals surface area contributed by atoms with Gasteiger partial charge in [0.1, 0.15) is 23.4 Å². The molecule has 0 spiro atoms. The van der Waals surface area contributed by atoms with Crippen LogP contribution in [0, 0.1) is 19.4 Å². The van der Waals surface area contributed by atoms with Crippen molar-refractivity contribution >= 4 is 29.1 Å². The van der Waals surface area contributed by atoms with E-state index < -0.39 is 53.1 Å². The molecule has 0 unspecified atom stereocenters. The Morgan fingerprint density at radius 3 is 2.45 bits per heavy atom. The molecule has 4 atom stereocenters. The van der Waals surface area contributed by atoms with Crippen LogP contribution >= 0.6 is 11.3 Å². The number of nitrogens with one attached hydrogen (secondary N) is 2. The zero-order valence-corrected chi connectivity index (χ0v) is 26.2. The van der Waals surface area contributed by atoms with Gasteiger partial charge in [-0.05, 0) is 52.2 Å². The molecule has 1 saturated carbocycles. The highest BCUT2D eigenvalue weighted by Gasteiger charge is 2.59. The number of rotatable bonds is 9. The molecule has 2 aromatic rings. The van der Waals surface area contributed by atoms with Crippen molar-refractivity contribution in [3.8, 4) is 16.2 Å². The van der Waals surface area contributed by atoms with Crippen LogP contribution in [0.4, 0.5) is 0 Å². The minimum atomic E-state index is -1.09. The van der Waals surface area contributed by atoms with Crippen LogP contribution in [0.5, 0.6) is 5.75 Å². The number of hydrogen-bond donors (Lipinski definition) is 3. The lowest BCUT2D eigenvalue weighted by molar-refractivity contribution is -0.142. The van der Waals surface area contributed by atoms with E-state index in [9.17, 15) is 19.5 Å². The third-order valence-electron chi connectivity index (χ3n) is 7.71. The molecule has 3 amide bonds. The van der Waals surface area contributed by atoms with Gasteiger partial charge in [0.15, 0.2) is 0 Å². The van der Waals surface area contributed by atoms with Crippen LogP contribution in [0.2, 0.25) is 0 Å². The molecule has 4 rings (SSSR count). The number of aryl methyl sites for hydroxylation is 1. The van der Waals surface area contributed by atoms with Gasteiger partial charge in [-0.25, -0.2) is 11.6 Å². The summed E-state index contributed by atoms with van der Waals surface area (Å²) >= 11 is 1.55. The van der Waals surface area contributed by atoms with Crippen molar-refractivity contribution in [2.45, 2.75) is 103 Å². The molecule has 1 saturated heterocycles. The number of benzene rings is 1. The summed E-state index contributed by atoms with van der Waals surface area (Å²) in [5.41, 5.74) is 2.91. The molecule has 0 radical (unpaired) electrons. The lowest BCUT2D eigenvalue weighted by Crippen LogP contribution is -2.56. The van der Waals surface area contributed by atoms with Crippen molar-refractivity contribution in [2.24, 2.45) is 5.92 Å². The molecule has 10 nitrogen and oxygen atoms in total. The summed E-state index contributed by atoms with van der Waals surface area (Å²) in [5.74, 6) is -0.936. The van der Waals surface area contributed by atoms with E-state index in [1.807, 2.05) is 52.8 Å². The number of nitrogens with zero attached hydrogens (tertiary/aromatic N) is 3. The number of ether oxygens (including phenoxy) is 1. The average Bonchev–Trinajstić information content (AvgIpc) is 3.44. The minimum absolute atomic E-state index is 0.0142. The number of carbonyl (C=O) groups is 3. The van der Waals surface area contributed by atoms with Crippen LogP contribution in [0.1, 0.15) is 78.1 Å². The molecule has 2 fully saturated rings. The highest BCUT2D eigenvalue weighted by atomic mass is 32.1. The summed E-state index contributed by atoms with van der Waals surface area (Å²) in [7, 11) is 0. The highest BCUT2D eigenvalue weighted by Crippen LogP contribution is 2.40. The molecule has 2 aliphatic rings. The van der Waals surface area contributed by atoms with Crippen LogP contribution in [-0.2, 0) is 14.4 Å². The SMILES string of the molecule is [C-]#[N+]C1(C(=O)N[C@H](C(=O)N2C[C@H](O)C[C@H]2C(=O)N[C@@H](C)c2ccc(-c3scnc3C)cc2OC(C)(C)C)C(C)C)CC1. The second-order valence-corrected chi connectivity index (χ2v) is 13.6. The fraction of sp³-hybridized carbons (Fsp3) is 0.581. The number of hydrogen-bond acceptors (Lipinski definition) is 7. The Balaban J connectivity index is 1.54. The maximum Gasteiger partial charge on any atom is 0.309 e. The first-order valence-electron chi connectivity index (χ1n) is 14.4. The van der Waals surface area contributed by atoms with Gasteiger partial charge in [0.05, 0.1) is 28.2 Å². The van der Waals surface area contributed by atoms with Crippen LogP contribution in [0.15, 0.2) is 23.7 Å². The zero-order valence-electron chi connectivity index (χ0n) is 25.4. The molecular weight excluding hydrogens is 554 g/mol. The third kappa shape index (κ3) is 6.76. The lowest BCUT2D eigenvalue weighted by atomic mass is 10.0. The Kier molecular flexibility index (Phi) is 9.00. The molecule has 42 heavy (non-hydrogen) atoms. The second-order valence-electron chi connectivity index (χ2n) is 12.7. The number of β-amino-alcohol motifs (C(OH)–C–C–N with tert-alkyl or cyclic N) is 1. The Hall–Kier alpha value is -3.49. The van der Waals surface area contributed by atoms with Crippen LogP contribution in [0.25, 0.3) is 15.3 Å². The maximum absolute atomic E-state index is 13.7. The van der Waals surface area contributed by atoms with Crippen molar-refractivity contribution in [1.82, 2.24) is 20.5 Å². The Bertz CT molecular complexity index is 1390. The molecule has 11 heteroatoms. The summed E-state index contributed by atoms with van der Waals surface area (Å²) in [6.45, 7) is 20.7. The molecule has 2 heterocycles. The number of amides is 3. The summed E-state index contributed by atoms with van der Waals surface area (Å²) in [6.07, 6.45) is 0.157. The Labute approximate surface area is 251 Å². The lowest BCUT2D eigenvalue weighted by Gasteiger charge is -2.31. The van der Waals surface area contributed by atoms with Gasteiger partial charge < -0.3 is 25.4 Å². The molecule has 3 N–H and O–H groups in total.